The number of aromatic carboxylic acids is 1. The van der Waals surface area contributed by atoms with E-state index in [1.807, 2.05) is 0 Å². The molecule has 0 radical (unpaired) electrons. The van der Waals surface area contributed by atoms with E-state index in [0.29, 0.717) is 11.1 Å². The predicted octanol–water partition coefficient (Wildman–Crippen LogP) is 7.09. The first-order valence-electron chi connectivity index (χ1n) is 17.4. The molecule has 2 aliphatic rings. The van der Waals surface area contributed by atoms with Gasteiger partial charge in [-0.1, -0.05) is 41.4 Å². The quantitative estimate of drug-likeness (QED) is 0.0579. The molecule has 1 atom stereocenters. The van der Waals surface area contributed by atoms with Gasteiger partial charge in [0.15, 0.2) is 0 Å². The zero-order valence-electron chi connectivity index (χ0n) is 32.3. The first kappa shape index (κ1) is 43.3. The monoisotopic (exact) mass is 813 g/mol. The number of amides is 3. The van der Waals surface area contributed by atoms with Gasteiger partial charge in [-0.25, -0.2) is 14.4 Å². The molecule has 1 aliphatic carbocycles. The Labute approximate surface area is 333 Å². The van der Waals surface area contributed by atoms with Crippen LogP contribution in [0.4, 0.5) is 9.59 Å². The van der Waals surface area contributed by atoms with Crippen molar-refractivity contribution in [1.82, 2.24) is 15.1 Å². The summed E-state index contributed by atoms with van der Waals surface area (Å²) in [6, 6.07) is 9.06. The van der Waals surface area contributed by atoms with Gasteiger partial charge in [0.2, 0.25) is 17.3 Å². The molecule has 1 heterocycles. The first-order valence-corrected chi connectivity index (χ1v) is 18.2. The Morgan fingerprint density at radius 1 is 0.929 bits per heavy atom. The van der Waals surface area contributed by atoms with E-state index in [2.05, 4.69) is 10.3 Å². The van der Waals surface area contributed by atoms with Gasteiger partial charge in [-0.15, -0.1) is 0 Å². The Bertz CT molecular complexity index is 2190. The fourth-order valence-corrected chi connectivity index (χ4v) is 5.96. The number of ether oxygens (including phenoxy) is 2. The Balaban J connectivity index is 1.60. The Morgan fingerprint density at radius 3 is 2.09 bits per heavy atom. The van der Waals surface area contributed by atoms with Gasteiger partial charge in [-0.2, -0.15) is 0 Å². The van der Waals surface area contributed by atoms with Crippen molar-refractivity contribution in [1.29, 1.82) is 0 Å². The number of phenols is 1. The van der Waals surface area contributed by atoms with E-state index in [1.165, 1.54) is 32.3 Å². The summed E-state index contributed by atoms with van der Waals surface area (Å²) in [7, 11) is 2.80. The van der Waals surface area contributed by atoms with Crippen LogP contribution in [0.3, 0.4) is 0 Å². The lowest BCUT2D eigenvalue weighted by molar-refractivity contribution is -0.122. The number of hydrogen-bond donors (Lipinski definition) is 4. The minimum Gasteiger partial charge on any atom is -0.506 e. The molecule has 5 N–H and O–H groups in total. The molecular weight excluding hydrogens is 769 g/mol. The third-order valence-electron chi connectivity index (χ3n) is 8.15. The number of nitrogens with two attached hydrogens (primary N) is 1. The second-order valence-electron chi connectivity index (χ2n) is 14.9. The van der Waals surface area contributed by atoms with E-state index in [4.69, 9.17) is 42.8 Å². The van der Waals surface area contributed by atoms with Crippen LogP contribution in [0, 0.1) is 0 Å². The number of halogens is 2. The van der Waals surface area contributed by atoms with E-state index < -0.39 is 52.5 Å². The molecular formula is C39H45Cl2N5O10. The maximum Gasteiger partial charge on any atom is 0.416 e. The van der Waals surface area contributed by atoms with Crippen LogP contribution in [0.1, 0.15) is 70.3 Å². The van der Waals surface area contributed by atoms with E-state index in [9.17, 15) is 34.2 Å². The maximum atomic E-state index is 13.3. The number of carboxylic acids is 1. The molecule has 1 unspecified atom stereocenters. The number of nitrogens with one attached hydrogen (secondary N) is 1. The summed E-state index contributed by atoms with van der Waals surface area (Å²) >= 11 is 12.7. The summed E-state index contributed by atoms with van der Waals surface area (Å²) in [5.74, 6) is -2.25. The molecule has 0 aromatic heterocycles. The normalized spacial score (nSPS) is 12.2. The number of aromatic hydroxyl groups is 1. The molecule has 2 aromatic rings. The van der Waals surface area contributed by atoms with Gasteiger partial charge < -0.3 is 35.2 Å². The Morgan fingerprint density at radius 2 is 1.52 bits per heavy atom. The van der Waals surface area contributed by atoms with E-state index in [0.717, 1.165) is 15.9 Å². The van der Waals surface area contributed by atoms with Crippen molar-refractivity contribution < 1.29 is 43.3 Å². The molecule has 0 saturated heterocycles. The number of benzene rings is 3. The molecule has 17 heteroatoms. The highest BCUT2D eigenvalue weighted by Crippen LogP contribution is 2.46. The number of rotatable bonds is 9. The van der Waals surface area contributed by atoms with Gasteiger partial charge in [0.25, 0.3) is 0 Å². The number of carbonyl (C=O) groups excluding carboxylic acids is 3. The number of phenolic OH excluding ortho intramolecular Hbond substituents is 1. The third kappa shape index (κ3) is 10.3. The second-order valence-corrected chi connectivity index (χ2v) is 15.7. The highest BCUT2D eigenvalue weighted by Gasteiger charge is 2.30. The summed E-state index contributed by atoms with van der Waals surface area (Å²) in [6.45, 7) is 9.92. The molecule has 0 spiro atoms. The van der Waals surface area contributed by atoms with E-state index in [-0.39, 0.29) is 75.4 Å². The summed E-state index contributed by atoms with van der Waals surface area (Å²) < 4.78 is 17.0. The molecule has 300 valence electrons. The highest BCUT2D eigenvalue weighted by atomic mass is 35.5. The van der Waals surface area contributed by atoms with Crippen molar-refractivity contribution in [2.24, 2.45) is 10.7 Å². The lowest BCUT2D eigenvalue weighted by atomic mass is 9.90. The van der Waals surface area contributed by atoms with Crippen LogP contribution in [-0.4, -0.2) is 87.9 Å². The van der Waals surface area contributed by atoms with Crippen molar-refractivity contribution in [3.05, 3.63) is 73.9 Å². The smallest absolute Gasteiger partial charge is 0.416 e. The highest BCUT2D eigenvalue weighted by molar-refractivity contribution is 6.33. The topological polar surface area (TPSA) is 214 Å². The van der Waals surface area contributed by atoms with Crippen LogP contribution in [0.15, 0.2) is 56.7 Å². The second kappa shape index (κ2) is 17.2. The minimum atomic E-state index is -1.22. The van der Waals surface area contributed by atoms with Crippen molar-refractivity contribution in [2.45, 2.75) is 78.2 Å². The summed E-state index contributed by atoms with van der Waals surface area (Å²) in [5, 5.41) is 23.8. The molecule has 2 aromatic carbocycles. The largest absolute Gasteiger partial charge is 0.506 e. The third-order valence-corrected chi connectivity index (χ3v) is 8.73. The maximum absolute atomic E-state index is 13.3. The molecule has 56 heavy (non-hydrogen) atoms. The van der Waals surface area contributed by atoms with Crippen LogP contribution in [-0.2, 0) is 20.8 Å². The average molecular weight is 815 g/mol. The number of guanidine groups is 1. The van der Waals surface area contributed by atoms with Gasteiger partial charge in [-0.3, -0.25) is 24.4 Å². The average Bonchev–Trinajstić information content (AvgIpc) is 3.09. The number of aliphatic imine (C=N–C) groups is 1. The molecule has 1 aliphatic heterocycles. The molecule has 0 fully saturated rings. The van der Waals surface area contributed by atoms with Crippen molar-refractivity contribution >= 4 is 64.2 Å². The molecule has 0 bridgehead atoms. The standard InChI is InChI=1S/C39H45Cl2N5O10/c1-38(2,3)55-36(52)45(7)35(46(8)37(53)56-39(4,5)6)43-15-11-14-27(42)33(49)44-19-24-31(48)26(41)17-23-30(20-12-9-10-13-21(20)34(50)51)22-16-25(40)28(47)18-29(22)54-32(23)24/h9-10,12-13,16-18,27,48H,11,14-15,19,42H2,1-8H3,(H,44,49)(H,50,51). The fraction of sp³-hybridized carbons (Fsp3) is 0.385. The summed E-state index contributed by atoms with van der Waals surface area (Å²) in [5.41, 5.74) is 4.95. The Kier molecular flexibility index (Phi) is 13.3. The van der Waals surface area contributed by atoms with E-state index >= 15 is 0 Å². The van der Waals surface area contributed by atoms with Crippen LogP contribution < -0.4 is 16.5 Å². The van der Waals surface area contributed by atoms with Gasteiger partial charge in [0.1, 0.15) is 28.3 Å². The van der Waals surface area contributed by atoms with Gasteiger partial charge in [0.05, 0.1) is 33.8 Å². The molecule has 0 saturated carbocycles. The lowest BCUT2D eigenvalue weighted by Gasteiger charge is -2.30. The number of fused-ring (bicyclic) bond motifs is 2. The first-order chi connectivity index (χ1) is 26.0. The molecule has 4 rings (SSSR count). The van der Waals surface area contributed by atoms with E-state index in [1.54, 1.807) is 59.7 Å². The number of hydrogen-bond acceptors (Lipinski definition) is 11. The lowest BCUT2D eigenvalue weighted by Crippen LogP contribution is -2.49. The molecule has 15 nitrogen and oxygen atoms in total. The summed E-state index contributed by atoms with van der Waals surface area (Å²) in [6.07, 6.45) is -1.14. The molecule has 3 amide bonds. The van der Waals surface area contributed by atoms with Crippen LogP contribution in [0.25, 0.3) is 33.4 Å². The minimum absolute atomic E-state index is 0.0234. The van der Waals surface area contributed by atoms with Crippen LogP contribution >= 0.6 is 23.2 Å². The van der Waals surface area contributed by atoms with Gasteiger partial charge in [-0.05, 0) is 78.1 Å². The number of carboxylic acid groups (broad SMARTS) is 1. The van der Waals surface area contributed by atoms with Crippen LogP contribution in [0.5, 0.6) is 5.75 Å². The van der Waals surface area contributed by atoms with Gasteiger partial charge >= 0.3 is 18.2 Å². The summed E-state index contributed by atoms with van der Waals surface area (Å²) in [4.78, 5) is 70.5. The zero-order valence-corrected chi connectivity index (χ0v) is 33.8. The fourth-order valence-electron chi connectivity index (χ4n) is 5.58. The zero-order chi connectivity index (χ0) is 41.9. The van der Waals surface area contributed by atoms with Crippen molar-refractivity contribution in [3.8, 4) is 28.2 Å². The van der Waals surface area contributed by atoms with Crippen molar-refractivity contribution in [3.63, 3.8) is 0 Å². The Hall–Kier alpha value is -5.38. The predicted molar refractivity (Wildman–Crippen MR) is 213 cm³/mol. The van der Waals surface area contributed by atoms with Crippen molar-refractivity contribution in [2.75, 3.05) is 20.6 Å². The number of nitrogens with zero attached hydrogens (tertiary/aromatic N) is 3. The van der Waals surface area contributed by atoms with Gasteiger partial charge in [0, 0.05) is 43.2 Å². The number of carbonyl (C=O) groups is 4. The van der Waals surface area contributed by atoms with Crippen LogP contribution in [0.2, 0.25) is 10.0 Å². The SMILES string of the molecule is CN(C(=O)OC(C)(C)C)C(=NCCCC(N)C(=O)NCc1c(O)c(Cl)cc2c(-c3ccccc3C(=O)O)c3cc(Cl)c(=O)cc-3oc12)N(C)C(=O)OC(C)(C)C.